The third kappa shape index (κ3) is 6.16. The van der Waals surface area contributed by atoms with Crippen LogP contribution in [0.3, 0.4) is 0 Å². The maximum Gasteiger partial charge on any atom is 0.303 e. The van der Waals surface area contributed by atoms with E-state index in [1.807, 2.05) is 54.6 Å². The van der Waals surface area contributed by atoms with E-state index in [1.165, 1.54) is 0 Å². The summed E-state index contributed by atoms with van der Waals surface area (Å²) in [5.74, 6) is -0.933. The van der Waals surface area contributed by atoms with Gasteiger partial charge in [0.05, 0.1) is 6.04 Å². The third-order valence-electron chi connectivity index (χ3n) is 3.74. The van der Waals surface area contributed by atoms with E-state index >= 15 is 0 Å². The number of amides is 1. The SMILES string of the molecule is O=C(O)CCC(NC(=O)CCc1ccc(Br)cc1)c1ccccc1. The molecule has 0 saturated carbocycles. The summed E-state index contributed by atoms with van der Waals surface area (Å²) in [6, 6.07) is 17.1. The fraction of sp³-hybridized carbons (Fsp3) is 0.263. The minimum atomic E-state index is -0.861. The normalized spacial score (nSPS) is 11.7. The molecule has 2 aromatic carbocycles. The van der Waals surface area contributed by atoms with E-state index in [4.69, 9.17) is 5.11 Å². The largest absolute Gasteiger partial charge is 0.481 e. The molecule has 0 heterocycles. The maximum absolute atomic E-state index is 12.2. The molecule has 1 unspecified atom stereocenters. The first-order valence-corrected chi connectivity index (χ1v) is 8.64. The van der Waals surface area contributed by atoms with E-state index in [2.05, 4.69) is 21.2 Å². The van der Waals surface area contributed by atoms with Gasteiger partial charge in [0.15, 0.2) is 0 Å². The number of halogens is 1. The highest BCUT2D eigenvalue weighted by Gasteiger charge is 2.15. The van der Waals surface area contributed by atoms with Crippen LogP contribution in [0.15, 0.2) is 59.1 Å². The molecule has 0 aliphatic carbocycles. The molecule has 0 saturated heterocycles. The van der Waals surface area contributed by atoms with Crippen molar-refractivity contribution in [3.8, 4) is 0 Å². The first-order valence-electron chi connectivity index (χ1n) is 7.85. The van der Waals surface area contributed by atoms with Crippen molar-refractivity contribution in [3.63, 3.8) is 0 Å². The van der Waals surface area contributed by atoms with E-state index in [9.17, 15) is 9.59 Å². The van der Waals surface area contributed by atoms with Crippen LogP contribution in [-0.4, -0.2) is 17.0 Å². The van der Waals surface area contributed by atoms with Gasteiger partial charge in [-0.15, -0.1) is 0 Å². The molecule has 0 aromatic heterocycles. The van der Waals surface area contributed by atoms with Crippen LogP contribution in [-0.2, 0) is 16.0 Å². The van der Waals surface area contributed by atoms with Gasteiger partial charge in [0.25, 0.3) is 0 Å². The molecular formula is C19H20BrNO3. The number of rotatable bonds is 8. The number of hydrogen-bond donors (Lipinski definition) is 2. The highest BCUT2D eigenvalue weighted by atomic mass is 79.9. The van der Waals surface area contributed by atoms with E-state index in [0.717, 1.165) is 15.6 Å². The van der Waals surface area contributed by atoms with Crippen LogP contribution in [0, 0.1) is 0 Å². The lowest BCUT2D eigenvalue weighted by Gasteiger charge is -2.18. The number of carbonyl (C=O) groups excluding carboxylic acids is 1. The zero-order valence-electron chi connectivity index (χ0n) is 13.2. The molecule has 0 bridgehead atoms. The van der Waals surface area contributed by atoms with Gasteiger partial charge in [-0.05, 0) is 36.1 Å². The van der Waals surface area contributed by atoms with E-state index in [-0.39, 0.29) is 18.4 Å². The lowest BCUT2D eigenvalue weighted by atomic mass is 10.0. The van der Waals surface area contributed by atoms with Crippen LogP contribution in [0.5, 0.6) is 0 Å². The quantitative estimate of drug-likeness (QED) is 0.713. The first-order chi connectivity index (χ1) is 11.5. The molecule has 2 N–H and O–H groups in total. The predicted octanol–water partition coefficient (Wildman–Crippen LogP) is 4.10. The fourth-order valence-corrected chi connectivity index (χ4v) is 2.72. The average molecular weight is 390 g/mol. The Bertz CT molecular complexity index is 671. The molecule has 2 aromatic rings. The maximum atomic E-state index is 12.2. The van der Waals surface area contributed by atoms with Crippen molar-refractivity contribution in [2.75, 3.05) is 0 Å². The first kappa shape index (κ1) is 18.2. The predicted molar refractivity (Wildman–Crippen MR) is 96.7 cm³/mol. The Morgan fingerprint density at radius 3 is 2.29 bits per heavy atom. The number of benzene rings is 2. The molecule has 4 nitrogen and oxygen atoms in total. The number of carboxylic acids is 1. The minimum absolute atomic E-state index is 0.0204. The Kier molecular flexibility index (Phi) is 7.00. The van der Waals surface area contributed by atoms with E-state index in [0.29, 0.717) is 19.3 Å². The zero-order chi connectivity index (χ0) is 17.4. The number of nitrogens with one attached hydrogen (secondary N) is 1. The summed E-state index contributed by atoms with van der Waals surface area (Å²) in [4.78, 5) is 23.1. The van der Waals surface area contributed by atoms with Gasteiger partial charge in [-0.25, -0.2) is 0 Å². The summed E-state index contributed by atoms with van der Waals surface area (Å²) >= 11 is 3.39. The van der Waals surface area contributed by atoms with E-state index in [1.54, 1.807) is 0 Å². The second kappa shape index (κ2) is 9.23. The molecule has 5 heteroatoms. The van der Waals surface area contributed by atoms with Crippen LogP contribution in [0.4, 0.5) is 0 Å². The molecule has 126 valence electrons. The lowest BCUT2D eigenvalue weighted by molar-refractivity contribution is -0.137. The van der Waals surface area contributed by atoms with Gasteiger partial charge in [-0.1, -0.05) is 58.4 Å². The molecule has 1 amide bonds. The average Bonchev–Trinajstić information content (AvgIpc) is 2.58. The summed E-state index contributed by atoms with van der Waals surface area (Å²) in [5, 5.41) is 11.9. The van der Waals surface area contributed by atoms with Crippen molar-refractivity contribution in [1.82, 2.24) is 5.32 Å². The summed E-state index contributed by atoms with van der Waals surface area (Å²) < 4.78 is 1.01. The molecule has 0 fully saturated rings. The van der Waals surface area contributed by atoms with Crippen LogP contribution in [0.1, 0.15) is 36.4 Å². The number of hydrogen-bond acceptors (Lipinski definition) is 2. The van der Waals surface area contributed by atoms with Crippen LogP contribution < -0.4 is 5.32 Å². The second-order valence-electron chi connectivity index (χ2n) is 5.59. The van der Waals surface area contributed by atoms with Gasteiger partial charge < -0.3 is 10.4 Å². The van der Waals surface area contributed by atoms with Crippen LogP contribution in [0.2, 0.25) is 0 Å². The Morgan fingerprint density at radius 2 is 1.67 bits per heavy atom. The summed E-state index contributed by atoms with van der Waals surface area (Å²) in [5.41, 5.74) is 2.02. The van der Waals surface area contributed by atoms with Gasteiger partial charge in [0.1, 0.15) is 0 Å². The van der Waals surface area contributed by atoms with Gasteiger partial charge in [-0.3, -0.25) is 9.59 Å². The van der Waals surface area contributed by atoms with Crippen molar-refractivity contribution in [1.29, 1.82) is 0 Å². The number of aryl methyl sites for hydroxylation is 1. The van der Waals surface area contributed by atoms with Crippen molar-refractivity contribution < 1.29 is 14.7 Å². The van der Waals surface area contributed by atoms with Gasteiger partial charge >= 0.3 is 5.97 Å². The molecule has 0 spiro atoms. The molecule has 1 atom stereocenters. The third-order valence-corrected chi connectivity index (χ3v) is 4.27. The summed E-state index contributed by atoms with van der Waals surface area (Å²) in [6.07, 6.45) is 1.42. The molecule has 2 rings (SSSR count). The Labute approximate surface area is 150 Å². The van der Waals surface area contributed by atoms with Crippen molar-refractivity contribution in [2.24, 2.45) is 0 Å². The highest BCUT2D eigenvalue weighted by Crippen LogP contribution is 2.19. The Hall–Kier alpha value is -2.14. The van der Waals surface area contributed by atoms with E-state index < -0.39 is 5.97 Å². The van der Waals surface area contributed by atoms with Gasteiger partial charge in [0, 0.05) is 17.3 Å². The minimum Gasteiger partial charge on any atom is -0.481 e. The molecule has 0 aliphatic rings. The summed E-state index contributed by atoms with van der Waals surface area (Å²) in [6.45, 7) is 0. The second-order valence-corrected chi connectivity index (χ2v) is 6.51. The number of aliphatic carboxylic acids is 1. The molecule has 24 heavy (non-hydrogen) atoms. The monoisotopic (exact) mass is 389 g/mol. The smallest absolute Gasteiger partial charge is 0.303 e. The van der Waals surface area contributed by atoms with Crippen LogP contribution in [0.25, 0.3) is 0 Å². The fourth-order valence-electron chi connectivity index (χ4n) is 2.45. The van der Waals surface area contributed by atoms with Gasteiger partial charge in [0.2, 0.25) is 5.91 Å². The van der Waals surface area contributed by atoms with Crippen molar-refractivity contribution >= 4 is 27.8 Å². The molecular weight excluding hydrogens is 370 g/mol. The molecule has 0 radical (unpaired) electrons. The Morgan fingerprint density at radius 1 is 1.00 bits per heavy atom. The molecule has 0 aliphatic heterocycles. The van der Waals surface area contributed by atoms with Crippen molar-refractivity contribution in [2.45, 2.75) is 31.7 Å². The number of carboxylic acid groups (broad SMARTS) is 1. The lowest BCUT2D eigenvalue weighted by Crippen LogP contribution is -2.29. The topological polar surface area (TPSA) is 66.4 Å². The van der Waals surface area contributed by atoms with Crippen LogP contribution >= 0.6 is 15.9 Å². The van der Waals surface area contributed by atoms with Crippen molar-refractivity contribution in [3.05, 3.63) is 70.2 Å². The zero-order valence-corrected chi connectivity index (χ0v) is 14.8. The number of carbonyl (C=O) groups is 2. The van der Waals surface area contributed by atoms with Gasteiger partial charge in [-0.2, -0.15) is 0 Å². The standard InChI is InChI=1S/C19H20BrNO3/c20-16-9-6-14(7-10-16)8-12-18(22)21-17(11-13-19(23)24)15-4-2-1-3-5-15/h1-7,9-10,17H,8,11-13H2,(H,21,22)(H,23,24). The summed E-state index contributed by atoms with van der Waals surface area (Å²) in [7, 11) is 0. The highest BCUT2D eigenvalue weighted by molar-refractivity contribution is 9.10. The Balaban J connectivity index is 1.93.